The summed E-state index contributed by atoms with van der Waals surface area (Å²) in [6, 6.07) is 9.27. The highest BCUT2D eigenvalue weighted by atomic mass is 16.5. The molecule has 0 saturated heterocycles. The Balaban J connectivity index is 1.70. The standard InChI is InChI=1S/C17H24N2O/c1-20-10-9-18-14-6-4-5-13(11-14)16-12-19-17-8-3-2-7-15(16)17/h2-3,7-8,12-14,18-19H,4-6,9-11H2,1H3. The van der Waals surface area contributed by atoms with E-state index in [-0.39, 0.29) is 0 Å². The molecular formula is C17H24N2O. The number of ether oxygens (including phenoxy) is 1. The Bertz CT molecular complexity index is 549. The summed E-state index contributed by atoms with van der Waals surface area (Å²) >= 11 is 0. The van der Waals surface area contributed by atoms with E-state index in [1.807, 2.05) is 0 Å². The first-order valence-electron chi connectivity index (χ1n) is 7.67. The lowest BCUT2D eigenvalue weighted by molar-refractivity contribution is 0.191. The van der Waals surface area contributed by atoms with Gasteiger partial charge in [0, 0.05) is 36.8 Å². The maximum absolute atomic E-state index is 5.12. The minimum atomic E-state index is 0.637. The van der Waals surface area contributed by atoms with Gasteiger partial charge in [-0.3, -0.25) is 0 Å². The van der Waals surface area contributed by atoms with Crippen LogP contribution in [-0.2, 0) is 4.74 Å². The molecule has 3 nitrogen and oxygen atoms in total. The number of aromatic nitrogens is 1. The summed E-state index contributed by atoms with van der Waals surface area (Å²) in [5, 5.41) is 5.03. The van der Waals surface area contributed by atoms with Gasteiger partial charge in [0.05, 0.1) is 6.61 Å². The average molecular weight is 272 g/mol. The van der Waals surface area contributed by atoms with E-state index in [0.29, 0.717) is 12.0 Å². The number of H-pyrrole nitrogens is 1. The second-order valence-corrected chi connectivity index (χ2v) is 5.80. The number of methoxy groups -OCH3 is 1. The van der Waals surface area contributed by atoms with Crippen LogP contribution in [0.15, 0.2) is 30.5 Å². The third-order valence-electron chi connectivity index (χ3n) is 4.47. The smallest absolute Gasteiger partial charge is 0.0587 e. The van der Waals surface area contributed by atoms with Gasteiger partial charge < -0.3 is 15.0 Å². The van der Waals surface area contributed by atoms with Gasteiger partial charge in [-0.25, -0.2) is 0 Å². The lowest BCUT2D eigenvalue weighted by atomic mass is 9.81. The van der Waals surface area contributed by atoms with Crippen LogP contribution in [0.3, 0.4) is 0 Å². The van der Waals surface area contributed by atoms with Gasteiger partial charge in [0.1, 0.15) is 0 Å². The van der Waals surface area contributed by atoms with Gasteiger partial charge in [-0.15, -0.1) is 0 Å². The highest BCUT2D eigenvalue weighted by molar-refractivity contribution is 5.83. The number of hydrogen-bond acceptors (Lipinski definition) is 2. The molecule has 1 fully saturated rings. The number of fused-ring (bicyclic) bond motifs is 1. The van der Waals surface area contributed by atoms with Crippen LogP contribution < -0.4 is 5.32 Å². The molecule has 2 unspecified atom stereocenters. The average Bonchev–Trinajstić information content (AvgIpc) is 2.92. The van der Waals surface area contributed by atoms with Crippen LogP contribution in [0.1, 0.15) is 37.2 Å². The van der Waals surface area contributed by atoms with Crippen LogP contribution in [0.4, 0.5) is 0 Å². The van der Waals surface area contributed by atoms with Crippen LogP contribution in [0.5, 0.6) is 0 Å². The molecule has 0 amide bonds. The summed E-state index contributed by atoms with van der Waals surface area (Å²) in [4.78, 5) is 3.41. The predicted molar refractivity (Wildman–Crippen MR) is 83.2 cm³/mol. The van der Waals surface area contributed by atoms with E-state index in [4.69, 9.17) is 4.74 Å². The van der Waals surface area contributed by atoms with Crippen LogP contribution >= 0.6 is 0 Å². The minimum Gasteiger partial charge on any atom is -0.383 e. The first kappa shape index (κ1) is 13.7. The molecule has 0 aliphatic heterocycles. The third kappa shape index (κ3) is 2.89. The highest BCUT2D eigenvalue weighted by Gasteiger charge is 2.24. The predicted octanol–water partition coefficient (Wildman–Crippen LogP) is 3.43. The number of benzene rings is 1. The van der Waals surface area contributed by atoms with Crippen molar-refractivity contribution in [2.75, 3.05) is 20.3 Å². The Kier molecular flexibility index (Phi) is 4.38. The first-order chi connectivity index (χ1) is 9.88. The maximum atomic E-state index is 5.12. The molecule has 2 N–H and O–H groups in total. The molecule has 0 bridgehead atoms. The van der Waals surface area contributed by atoms with Crippen molar-refractivity contribution < 1.29 is 4.74 Å². The van der Waals surface area contributed by atoms with Crippen molar-refractivity contribution in [2.45, 2.75) is 37.6 Å². The molecule has 1 aromatic carbocycles. The van der Waals surface area contributed by atoms with E-state index in [2.05, 4.69) is 40.8 Å². The lowest BCUT2D eigenvalue weighted by Gasteiger charge is -2.30. The van der Waals surface area contributed by atoms with Gasteiger partial charge in [0.2, 0.25) is 0 Å². The second kappa shape index (κ2) is 6.42. The first-order valence-corrected chi connectivity index (χ1v) is 7.67. The van der Waals surface area contributed by atoms with Gasteiger partial charge in [-0.1, -0.05) is 24.6 Å². The van der Waals surface area contributed by atoms with Crippen molar-refractivity contribution in [3.8, 4) is 0 Å². The van der Waals surface area contributed by atoms with Gasteiger partial charge in [-0.05, 0) is 36.8 Å². The van der Waals surface area contributed by atoms with Gasteiger partial charge in [0.25, 0.3) is 0 Å². The van der Waals surface area contributed by atoms with Crippen molar-refractivity contribution in [3.05, 3.63) is 36.0 Å². The van der Waals surface area contributed by atoms with Crippen molar-refractivity contribution in [3.63, 3.8) is 0 Å². The Morgan fingerprint density at radius 3 is 3.10 bits per heavy atom. The fraction of sp³-hybridized carbons (Fsp3) is 0.529. The van der Waals surface area contributed by atoms with E-state index in [9.17, 15) is 0 Å². The van der Waals surface area contributed by atoms with Crippen LogP contribution in [0.2, 0.25) is 0 Å². The topological polar surface area (TPSA) is 37.0 Å². The molecule has 1 aliphatic carbocycles. The zero-order valence-electron chi connectivity index (χ0n) is 12.2. The summed E-state index contributed by atoms with van der Waals surface area (Å²) in [5.41, 5.74) is 2.76. The van der Waals surface area contributed by atoms with E-state index in [1.54, 1.807) is 7.11 Å². The van der Waals surface area contributed by atoms with Crippen molar-refractivity contribution >= 4 is 10.9 Å². The molecule has 0 radical (unpaired) electrons. The number of rotatable bonds is 5. The Morgan fingerprint density at radius 2 is 2.20 bits per heavy atom. The lowest BCUT2D eigenvalue weighted by Crippen LogP contribution is -2.35. The van der Waals surface area contributed by atoms with Gasteiger partial charge in [-0.2, -0.15) is 0 Å². The van der Waals surface area contributed by atoms with Crippen molar-refractivity contribution in [2.24, 2.45) is 0 Å². The minimum absolute atomic E-state index is 0.637. The summed E-state index contributed by atoms with van der Waals surface area (Å²) in [6.07, 6.45) is 7.38. The Labute approximate surface area is 120 Å². The molecule has 20 heavy (non-hydrogen) atoms. The fourth-order valence-electron chi connectivity index (χ4n) is 3.45. The number of hydrogen-bond donors (Lipinski definition) is 2. The zero-order chi connectivity index (χ0) is 13.8. The quantitative estimate of drug-likeness (QED) is 0.818. The molecule has 1 aromatic heterocycles. The summed E-state index contributed by atoms with van der Waals surface area (Å²) in [5.74, 6) is 0.681. The Morgan fingerprint density at radius 1 is 1.30 bits per heavy atom. The van der Waals surface area contributed by atoms with Gasteiger partial charge in [0.15, 0.2) is 0 Å². The maximum Gasteiger partial charge on any atom is 0.0587 e. The SMILES string of the molecule is COCCNC1CCCC(c2c[nH]c3ccccc23)C1. The van der Waals surface area contributed by atoms with Crippen LogP contribution in [0.25, 0.3) is 10.9 Å². The summed E-state index contributed by atoms with van der Waals surface area (Å²) in [6.45, 7) is 1.76. The number of nitrogens with one attached hydrogen (secondary N) is 2. The molecule has 3 heteroatoms. The van der Waals surface area contributed by atoms with Crippen molar-refractivity contribution in [1.29, 1.82) is 0 Å². The Hall–Kier alpha value is -1.32. The van der Waals surface area contributed by atoms with E-state index >= 15 is 0 Å². The molecule has 1 heterocycles. The summed E-state index contributed by atoms with van der Waals surface area (Å²) < 4.78 is 5.12. The van der Waals surface area contributed by atoms with E-state index < -0.39 is 0 Å². The fourth-order valence-corrected chi connectivity index (χ4v) is 3.45. The molecule has 2 aromatic rings. The normalized spacial score (nSPS) is 23.2. The summed E-state index contributed by atoms with van der Waals surface area (Å²) in [7, 11) is 1.76. The molecule has 1 saturated carbocycles. The van der Waals surface area contributed by atoms with Crippen LogP contribution in [0, 0.1) is 0 Å². The largest absolute Gasteiger partial charge is 0.383 e. The van der Waals surface area contributed by atoms with E-state index in [0.717, 1.165) is 13.2 Å². The van der Waals surface area contributed by atoms with Crippen molar-refractivity contribution in [1.82, 2.24) is 10.3 Å². The van der Waals surface area contributed by atoms with Gasteiger partial charge >= 0.3 is 0 Å². The zero-order valence-corrected chi connectivity index (χ0v) is 12.2. The highest BCUT2D eigenvalue weighted by Crippen LogP contribution is 2.36. The molecule has 108 valence electrons. The number of aromatic amines is 1. The van der Waals surface area contributed by atoms with E-state index in [1.165, 1.54) is 42.1 Å². The second-order valence-electron chi connectivity index (χ2n) is 5.80. The monoisotopic (exact) mass is 272 g/mol. The molecule has 3 rings (SSSR count). The molecule has 2 atom stereocenters. The third-order valence-corrected chi connectivity index (χ3v) is 4.47. The number of para-hydroxylation sites is 1. The molecule has 1 aliphatic rings. The van der Waals surface area contributed by atoms with Crippen LogP contribution in [-0.4, -0.2) is 31.3 Å². The molecular weight excluding hydrogens is 248 g/mol. The molecule has 0 spiro atoms.